The van der Waals surface area contributed by atoms with E-state index in [1.165, 1.54) is 6.42 Å². The molecule has 3 atom stereocenters. The van der Waals surface area contributed by atoms with Crippen LogP contribution in [0.1, 0.15) is 27.2 Å². The largest absolute Gasteiger partial charge is 0.382 e. The van der Waals surface area contributed by atoms with Crippen LogP contribution >= 0.6 is 0 Å². The first-order valence-electron chi connectivity index (χ1n) is 7.06. The van der Waals surface area contributed by atoms with E-state index in [0.717, 1.165) is 25.6 Å². The van der Waals surface area contributed by atoms with Gasteiger partial charge in [-0.15, -0.1) is 0 Å². The van der Waals surface area contributed by atoms with Crippen molar-refractivity contribution >= 4 is 0 Å². The Morgan fingerprint density at radius 1 is 1.33 bits per heavy atom. The van der Waals surface area contributed by atoms with Crippen LogP contribution in [0.15, 0.2) is 0 Å². The zero-order chi connectivity index (χ0) is 13.5. The van der Waals surface area contributed by atoms with Gasteiger partial charge in [0, 0.05) is 45.9 Å². The van der Waals surface area contributed by atoms with Crippen molar-refractivity contribution in [2.24, 2.45) is 5.92 Å². The van der Waals surface area contributed by atoms with E-state index in [2.05, 4.69) is 31.0 Å². The lowest BCUT2D eigenvalue weighted by Gasteiger charge is -2.40. The molecule has 0 radical (unpaired) electrons. The molecule has 0 bridgehead atoms. The maximum Gasteiger partial charge on any atom is 0.0931 e. The lowest BCUT2D eigenvalue weighted by Crippen LogP contribution is -2.57. The summed E-state index contributed by atoms with van der Waals surface area (Å²) in [7, 11) is 3.50. The highest BCUT2D eigenvalue weighted by Gasteiger charge is 2.27. The molecule has 1 rings (SSSR count). The molecule has 0 amide bonds. The molecule has 4 heteroatoms. The second kappa shape index (κ2) is 8.10. The number of hydrogen-bond donors (Lipinski definition) is 1. The molecular weight excluding hydrogens is 228 g/mol. The summed E-state index contributed by atoms with van der Waals surface area (Å²) >= 11 is 0. The molecule has 0 saturated carbocycles. The van der Waals surface area contributed by atoms with E-state index in [9.17, 15) is 0 Å². The summed E-state index contributed by atoms with van der Waals surface area (Å²) in [5.74, 6) is 0.745. The molecule has 0 aromatic rings. The van der Waals surface area contributed by atoms with Crippen LogP contribution in [0.4, 0.5) is 0 Å². The van der Waals surface area contributed by atoms with Crippen molar-refractivity contribution in [2.75, 3.05) is 40.5 Å². The highest BCUT2D eigenvalue weighted by Crippen LogP contribution is 2.14. The smallest absolute Gasteiger partial charge is 0.0931 e. The summed E-state index contributed by atoms with van der Waals surface area (Å²) in [6.45, 7) is 10.7. The summed E-state index contributed by atoms with van der Waals surface area (Å²) in [5.41, 5.74) is 0. The van der Waals surface area contributed by atoms with Crippen LogP contribution in [0.2, 0.25) is 0 Å². The fourth-order valence-electron chi connectivity index (χ4n) is 2.62. The van der Waals surface area contributed by atoms with E-state index < -0.39 is 0 Å². The zero-order valence-corrected chi connectivity index (χ0v) is 12.6. The molecule has 0 aromatic heterocycles. The van der Waals surface area contributed by atoms with Gasteiger partial charge in [0.25, 0.3) is 0 Å². The average molecular weight is 258 g/mol. The Hall–Kier alpha value is -0.160. The Morgan fingerprint density at radius 3 is 2.61 bits per heavy atom. The highest BCUT2D eigenvalue weighted by molar-refractivity contribution is 4.85. The quantitative estimate of drug-likeness (QED) is 0.747. The van der Waals surface area contributed by atoms with E-state index in [1.807, 2.05) is 0 Å². The van der Waals surface area contributed by atoms with Crippen molar-refractivity contribution < 1.29 is 9.47 Å². The third kappa shape index (κ3) is 5.22. The number of piperazine rings is 1. The third-order valence-corrected chi connectivity index (χ3v) is 3.66. The minimum Gasteiger partial charge on any atom is -0.382 e. The van der Waals surface area contributed by atoms with Crippen LogP contribution in [-0.4, -0.2) is 63.5 Å². The first-order valence-corrected chi connectivity index (χ1v) is 7.06. The third-order valence-electron chi connectivity index (χ3n) is 3.66. The van der Waals surface area contributed by atoms with Gasteiger partial charge in [0.05, 0.1) is 12.7 Å². The van der Waals surface area contributed by atoms with Gasteiger partial charge in [-0.05, 0) is 19.3 Å². The predicted molar refractivity (Wildman–Crippen MR) is 75.0 cm³/mol. The Bertz CT molecular complexity index is 224. The summed E-state index contributed by atoms with van der Waals surface area (Å²) in [5, 5.41) is 3.64. The van der Waals surface area contributed by atoms with Gasteiger partial charge < -0.3 is 14.8 Å². The van der Waals surface area contributed by atoms with Gasteiger partial charge in [-0.3, -0.25) is 4.90 Å². The van der Waals surface area contributed by atoms with Crippen molar-refractivity contribution in [1.82, 2.24) is 10.2 Å². The number of nitrogens with one attached hydrogen (secondary N) is 1. The molecule has 4 nitrogen and oxygen atoms in total. The summed E-state index contributed by atoms with van der Waals surface area (Å²) in [6.07, 6.45) is 1.42. The molecule has 0 aliphatic carbocycles. The monoisotopic (exact) mass is 258 g/mol. The summed E-state index contributed by atoms with van der Waals surface area (Å²) in [6, 6.07) is 1.18. The van der Waals surface area contributed by atoms with Gasteiger partial charge >= 0.3 is 0 Å². The molecule has 0 spiro atoms. The molecule has 18 heavy (non-hydrogen) atoms. The summed E-state index contributed by atoms with van der Waals surface area (Å²) in [4.78, 5) is 2.52. The van der Waals surface area contributed by atoms with Gasteiger partial charge in [-0.1, -0.05) is 13.8 Å². The van der Waals surface area contributed by atoms with E-state index in [4.69, 9.17) is 9.47 Å². The number of nitrogens with zero attached hydrogens (tertiary/aromatic N) is 1. The molecule has 1 N–H and O–H groups in total. The van der Waals surface area contributed by atoms with Gasteiger partial charge in [-0.2, -0.15) is 0 Å². The molecule has 3 unspecified atom stereocenters. The Morgan fingerprint density at radius 2 is 2.06 bits per heavy atom. The molecule has 1 aliphatic rings. The zero-order valence-electron chi connectivity index (χ0n) is 12.6. The van der Waals surface area contributed by atoms with Crippen LogP contribution in [0.3, 0.4) is 0 Å². The molecule has 1 saturated heterocycles. The highest BCUT2D eigenvalue weighted by atomic mass is 16.5. The summed E-state index contributed by atoms with van der Waals surface area (Å²) < 4.78 is 10.7. The Balaban J connectivity index is 2.45. The van der Waals surface area contributed by atoms with Crippen LogP contribution < -0.4 is 5.32 Å². The van der Waals surface area contributed by atoms with Crippen molar-refractivity contribution in [3.05, 3.63) is 0 Å². The standard InChI is InChI=1S/C14H30N2O2/c1-11(2)6-13-8-16(12(3)7-15-13)9-14(18-5)10-17-4/h11-15H,6-10H2,1-5H3. The molecule has 1 fully saturated rings. The second-order valence-electron chi connectivity index (χ2n) is 5.85. The number of ether oxygens (including phenoxy) is 2. The SMILES string of the molecule is COCC(CN1CC(CC(C)C)NCC1C)OC. The van der Waals surface area contributed by atoms with Crippen molar-refractivity contribution in [3.63, 3.8) is 0 Å². The van der Waals surface area contributed by atoms with Gasteiger partial charge in [0.1, 0.15) is 0 Å². The van der Waals surface area contributed by atoms with Gasteiger partial charge in [0.15, 0.2) is 0 Å². The van der Waals surface area contributed by atoms with E-state index in [1.54, 1.807) is 14.2 Å². The van der Waals surface area contributed by atoms with Crippen LogP contribution in [-0.2, 0) is 9.47 Å². The first-order chi connectivity index (χ1) is 8.56. The minimum atomic E-state index is 0.176. The van der Waals surface area contributed by atoms with Gasteiger partial charge in [-0.25, -0.2) is 0 Å². The van der Waals surface area contributed by atoms with Crippen LogP contribution in [0, 0.1) is 5.92 Å². The number of hydrogen-bond acceptors (Lipinski definition) is 4. The topological polar surface area (TPSA) is 33.7 Å². The molecular formula is C14H30N2O2. The van der Waals surface area contributed by atoms with E-state index in [-0.39, 0.29) is 6.10 Å². The lowest BCUT2D eigenvalue weighted by atomic mass is 10.00. The van der Waals surface area contributed by atoms with Crippen molar-refractivity contribution in [1.29, 1.82) is 0 Å². The number of methoxy groups -OCH3 is 2. The van der Waals surface area contributed by atoms with E-state index >= 15 is 0 Å². The molecule has 108 valence electrons. The first kappa shape index (κ1) is 15.9. The van der Waals surface area contributed by atoms with E-state index in [0.29, 0.717) is 18.7 Å². The fourth-order valence-corrected chi connectivity index (χ4v) is 2.62. The van der Waals surface area contributed by atoms with Crippen molar-refractivity contribution in [2.45, 2.75) is 45.4 Å². The number of rotatable bonds is 7. The second-order valence-corrected chi connectivity index (χ2v) is 5.85. The average Bonchev–Trinajstić information content (AvgIpc) is 2.32. The maximum atomic E-state index is 5.47. The molecule has 1 heterocycles. The van der Waals surface area contributed by atoms with Crippen LogP contribution in [0.25, 0.3) is 0 Å². The Kier molecular flexibility index (Phi) is 7.15. The minimum absolute atomic E-state index is 0.176. The fraction of sp³-hybridized carbons (Fsp3) is 1.00. The normalized spacial score (nSPS) is 27.7. The van der Waals surface area contributed by atoms with Crippen molar-refractivity contribution in [3.8, 4) is 0 Å². The lowest BCUT2D eigenvalue weighted by molar-refractivity contribution is -0.00950. The van der Waals surface area contributed by atoms with Crippen LogP contribution in [0.5, 0.6) is 0 Å². The molecule has 0 aromatic carbocycles. The maximum absolute atomic E-state index is 5.47. The molecule has 1 aliphatic heterocycles. The van der Waals surface area contributed by atoms with Gasteiger partial charge in [0.2, 0.25) is 0 Å². The predicted octanol–water partition coefficient (Wildman–Crippen LogP) is 1.36. The Labute approximate surface area is 112 Å².